The van der Waals surface area contributed by atoms with E-state index < -0.39 is 0 Å². The van der Waals surface area contributed by atoms with E-state index in [-0.39, 0.29) is 5.78 Å². The van der Waals surface area contributed by atoms with Crippen molar-refractivity contribution in [2.24, 2.45) is 7.05 Å². The zero-order valence-electron chi connectivity index (χ0n) is 17.6. The molecule has 0 atom stereocenters. The summed E-state index contributed by atoms with van der Waals surface area (Å²) in [6, 6.07) is 18.1. The number of methoxy groups -OCH3 is 1. The zero-order valence-corrected chi connectivity index (χ0v) is 17.6. The van der Waals surface area contributed by atoms with E-state index in [9.17, 15) is 4.79 Å². The number of hydrogen-bond acceptors (Lipinski definition) is 4. The summed E-state index contributed by atoms with van der Waals surface area (Å²) < 4.78 is 14.0. The normalized spacial score (nSPS) is 10.9. The Morgan fingerprint density at radius 1 is 1.07 bits per heavy atom. The van der Waals surface area contributed by atoms with E-state index >= 15 is 0 Å². The SMILES string of the molecule is COc1c(-c2ccc3c(ccn3C)c2)nc(C)c(C(C)=O)c1OCc1ccccc1. The second-order valence-electron chi connectivity index (χ2n) is 7.31. The van der Waals surface area contributed by atoms with Crippen LogP contribution in [0.2, 0.25) is 0 Å². The molecule has 0 amide bonds. The molecule has 0 aliphatic carbocycles. The first-order chi connectivity index (χ1) is 14.5. The number of carbonyl (C=O) groups is 1. The number of Topliss-reactive ketones (excluding diaryl/α,β-unsaturated/α-hetero) is 1. The number of rotatable bonds is 6. The number of ether oxygens (including phenoxy) is 2. The van der Waals surface area contributed by atoms with Crippen molar-refractivity contribution < 1.29 is 14.3 Å². The summed E-state index contributed by atoms with van der Waals surface area (Å²) in [6.45, 7) is 3.68. The highest BCUT2D eigenvalue weighted by Gasteiger charge is 2.24. The number of ketones is 1. The van der Waals surface area contributed by atoms with E-state index in [2.05, 4.69) is 22.8 Å². The standard InChI is InChI=1S/C25H24N2O3/c1-16-22(17(2)28)24(30-15-18-8-6-5-7-9-18)25(29-4)23(26-16)20-10-11-21-19(14-20)12-13-27(21)3/h5-14H,15H2,1-4H3. The van der Waals surface area contributed by atoms with Crippen molar-refractivity contribution in [1.82, 2.24) is 9.55 Å². The fourth-order valence-electron chi connectivity index (χ4n) is 3.76. The Bertz CT molecular complexity index is 1230. The fourth-order valence-corrected chi connectivity index (χ4v) is 3.76. The molecule has 0 aliphatic rings. The smallest absolute Gasteiger partial charge is 0.188 e. The van der Waals surface area contributed by atoms with Crippen LogP contribution in [0.3, 0.4) is 0 Å². The van der Waals surface area contributed by atoms with Crippen LogP contribution in [0.25, 0.3) is 22.2 Å². The van der Waals surface area contributed by atoms with Crippen LogP contribution >= 0.6 is 0 Å². The summed E-state index contributed by atoms with van der Waals surface area (Å²) in [4.78, 5) is 17.1. The molecule has 0 aliphatic heterocycles. The van der Waals surface area contributed by atoms with Gasteiger partial charge in [0.1, 0.15) is 12.3 Å². The van der Waals surface area contributed by atoms with Gasteiger partial charge in [-0.25, -0.2) is 4.98 Å². The Labute approximate surface area is 175 Å². The lowest BCUT2D eigenvalue weighted by Gasteiger charge is -2.19. The van der Waals surface area contributed by atoms with E-state index in [1.54, 1.807) is 7.11 Å². The molecule has 5 nitrogen and oxygen atoms in total. The number of aryl methyl sites for hydroxylation is 2. The molecule has 0 fully saturated rings. The molecule has 0 saturated carbocycles. The van der Waals surface area contributed by atoms with E-state index in [0.717, 1.165) is 22.0 Å². The molecular weight excluding hydrogens is 376 g/mol. The van der Waals surface area contributed by atoms with Gasteiger partial charge in [0.25, 0.3) is 0 Å². The lowest BCUT2D eigenvalue weighted by Crippen LogP contribution is -2.09. The molecule has 0 unspecified atom stereocenters. The highest BCUT2D eigenvalue weighted by atomic mass is 16.5. The molecule has 2 heterocycles. The van der Waals surface area contributed by atoms with Gasteiger partial charge in [0.05, 0.1) is 18.4 Å². The van der Waals surface area contributed by atoms with Crippen molar-refractivity contribution >= 4 is 16.7 Å². The molecule has 2 aromatic heterocycles. The lowest BCUT2D eigenvalue weighted by molar-refractivity contribution is 0.101. The van der Waals surface area contributed by atoms with E-state index in [0.29, 0.717) is 35.1 Å². The van der Waals surface area contributed by atoms with Crippen LogP contribution in [-0.4, -0.2) is 22.4 Å². The van der Waals surface area contributed by atoms with Gasteiger partial charge in [0.2, 0.25) is 0 Å². The van der Waals surface area contributed by atoms with E-state index in [4.69, 9.17) is 14.5 Å². The molecule has 4 aromatic rings. The third kappa shape index (κ3) is 3.54. The van der Waals surface area contributed by atoms with Crippen molar-refractivity contribution in [3.8, 4) is 22.8 Å². The van der Waals surface area contributed by atoms with Gasteiger partial charge < -0.3 is 14.0 Å². The summed E-state index contributed by atoms with van der Waals surface area (Å²) in [5.74, 6) is 0.799. The number of nitrogens with zero attached hydrogens (tertiary/aromatic N) is 2. The molecule has 0 N–H and O–H groups in total. The maximum atomic E-state index is 12.4. The minimum atomic E-state index is -0.105. The van der Waals surface area contributed by atoms with Gasteiger partial charge in [0.15, 0.2) is 17.3 Å². The predicted molar refractivity (Wildman–Crippen MR) is 118 cm³/mol. The Morgan fingerprint density at radius 3 is 2.53 bits per heavy atom. The van der Waals surface area contributed by atoms with Gasteiger partial charge in [-0.3, -0.25) is 4.79 Å². The Hall–Kier alpha value is -3.60. The van der Waals surface area contributed by atoms with Crippen LogP contribution in [-0.2, 0) is 13.7 Å². The summed E-state index contributed by atoms with van der Waals surface area (Å²) in [5.41, 5.74) is 4.79. The highest BCUT2D eigenvalue weighted by molar-refractivity contribution is 6.00. The van der Waals surface area contributed by atoms with Crippen molar-refractivity contribution in [1.29, 1.82) is 0 Å². The van der Waals surface area contributed by atoms with Gasteiger partial charge >= 0.3 is 0 Å². The maximum Gasteiger partial charge on any atom is 0.188 e. The predicted octanol–water partition coefficient (Wildman–Crippen LogP) is 5.34. The second kappa shape index (κ2) is 8.03. The van der Waals surface area contributed by atoms with Crippen LogP contribution in [0.15, 0.2) is 60.8 Å². The number of pyridine rings is 1. The second-order valence-corrected chi connectivity index (χ2v) is 7.31. The van der Waals surface area contributed by atoms with Gasteiger partial charge in [-0.15, -0.1) is 0 Å². The fraction of sp³-hybridized carbons (Fsp3) is 0.200. The van der Waals surface area contributed by atoms with Crippen molar-refractivity contribution in [3.05, 3.63) is 77.6 Å². The summed E-state index contributed by atoms with van der Waals surface area (Å²) in [7, 11) is 3.60. The molecule has 0 bridgehead atoms. The molecule has 152 valence electrons. The molecule has 0 radical (unpaired) electrons. The quantitative estimate of drug-likeness (QED) is 0.410. The zero-order chi connectivity index (χ0) is 21.3. The van der Waals surface area contributed by atoms with Crippen LogP contribution in [0.5, 0.6) is 11.5 Å². The summed E-state index contributed by atoms with van der Waals surface area (Å²) in [6.07, 6.45) is 2.03. The number of fused-ring (bicyclic) bond motifs is 1. The summed E-state index contributed by atoms with van der Waals surface area (Å²) in [5, 5.41) is 1.11. The first-order valence-corrected chi connectivity index (χ1v) is 9.81. The minimum Gasteiger partial charge on any atom is -0.491 e. The van der Waals surface area contributed by atoms with Crippen LogP contribution in [0.1, 0.15) is 28.5 Å². The van der Waals surface area contributed by atoms with Crippen molar-refractivity contribution in [3.63, 3.8) is 0 Å². The molecule has 2 aromatic carbocycles. The first kappa shape index (κ1) is 19.7. The maximum absolute atomic E-state index is 12.4. The largest absolute Gasteiger partial charge is 0.491 e. The Balaban J connectivity index is 1.86. The molecule has 0 spiro atoms. The average molecular weight is 400 g/mol. The highest BCUT2D eigenvalue weighted by Crippen LogP contribution is 2.41. The average Bonchev–Trinajstić information content (AvgIpc) is 3.12. The molecular formula is C25H24N2O3. The first-order valence-electron chi connectivity index (χ1n) is 9.81. The molecule has 30 heavy (non-hydrogen) atoms. The Morgan fingerprint density at radius 2 is 1.83 bits per heavy atom. The van der Waals surface area contributed by atoms with Crippen LogP contribution in [0.4, 0.5) is 0 Å². The molecule has 0 saturated heterocycles. The van der Waals surface area contributed by atoms with E-state index in [1.807, 2.05) is 56.6 Å². The van der Waals surface area contributed by atoms with Gasteiger partial charge in [-0.1, -0.05) is 36.4 Å². The monoisotopic (exact) mass is 400 g/mol. The van der Waals surface area contributed by atoms with Crippen LogP contribution < -0.4 is 9.47 Å². The third-order valence-corrected chi connectivity index (χ3v) is 5.23. The minimum absolute atomic E-state index is 0.105. The topological polar surface area (TPSA) is 53.4 Å². The number of benzene rings is 2. The summed E-state index contributed by atoms with van der Waals surface area (Å²) >= 11 is 0. The van der Waals surface area contributed by atoms with Crippen molar-refractivity contribution in [2.45, 2.75) is 20.5 Å². The van der Waals surface area contributed by atoms with Gasteiger partial charge in [0, 0.05) is 29.7 Å². The third-order valence-electron chi connectivity index (χ3n) is 5.23. The van der Waals surface area contributed by atoms with E-state index in [1.165, 1.54) is 6.92 Å². The van der Waals surface area contributed by atoms with Gasteiger partial charge in [-0.2, -0.15) is 0 Å². The molecule has 4 rings (SSSR count). The number of carbonyl (C=O) groups excluding carboxylic acids is 1. The van der Waals surface area contributed by atoms with Gasteiger partial charge in [-0.05, 0) is 37.6 Å². The van der Waals surface area contributed by atoms with Crippen LogP contribution in [0, 0.1) is 6.92 Å². The molecule has 5 heteroatoms. The van der Waals surface area contributed by atoms with Crippen molar-refractivity contribution in [2.75, 3.05) is 7.11 Å². The number of aromatic nitrogens is 2. The lowest BCUT2D eigenvalue weighted by atomic mass is 10.0. The Kier molecular flexibility index (Phi) is 5.27. The number of hydrogen-bond donors (Lipinski definition) is 0.